The number of amides is 1. The highest BCUT2D eigenvalue weighted by Crippen LogP contribution is 2.37. The molecule has 0 saturated carbocycles. The Kier molecular flexibility index (Phi) is 8.22. The number of hydrogen-bond acceptors (Lipinski definition) is 7. The Bertz CT molecular complexity index is 1530. The van der Waals surface area contributed by atoms with Gasteiger partial charge in [-0.3, -0.25) is 14.9 Å². The molecular weight excluding hydrogens is 553 g/mol. The maximum absolute atomic E-state index is 12.6. The zero-order chi connectivity index (χ0) is 26.6. The topological polar surface area (TPSA) is 139 Å². The second kappa shape index (κ2) is 11.0. The number of aryl methyl sites for hydroxylation is 1. The molecule has 0 aliphatic carbocycles. The lowest BCUT2D eigenvalue weighted by atomic mass is 10.1. The van der Waals surface area contributed by atoms with Gasteiger partial charge in [-0.25, -0.2) is 0 Å². The summed E-state index contributed by atoms with van der Waals surface area (Å²) in [4.78, 5) is 22.8. The van der Waals surface area contributed by atoms with Crippen molar-refractivity contribution in [3.05, 3.63) is 96.5 Å². The molecule has 0 fully saturated rings. The number of anilines is 1. The number of nitro benzene ring substituents is 1. The van der Waals surface area contributed by atoms with Gasteiger partial charge in [0, 0.05) is 12.1 Å². The predicted octanol–water partition coefficient (Wildman–Crippen LogP) is 6.18. The highest BCUT2D eigenvalue weighted by atomic mass is 35.5. The largest absolute Gasteiger partial charge is 0.376 e. The fraction of sp³-hybridized carbons (Fsp3) is 0.0435. The van der Waals surface area contributed by atoms with Gasteiger partial charge in [0.2, 0.25) is 0 Å². The summed E-state index contributed by atoms with van der Waals surface area (Å²) in [7, 11) is -4.24. The smallest absolute Gasteiger partial charge is 0.339 e. The van der Waals surface area contributed by atoms with Crippen molar-refractivity contribution in [2.75, 3.05) is 5.32 Å². The summed E-state index contributed by atoms with van der Waals surface area (Å²) in [6.07, 6.45) is 1.14. The lowest BCUT2D eigenvalue weighted by Crippen LogP contribution is -2.14. The van der Waals surface area contributed by atoms with E-state index in [0.29, 0.717) is 0 Å². The number of carbonyl (C=O) groups is 1. The first kappa shape index (κ1) is 27.0. The van der Waals surface area contributed by atoms with Crippen molar-refractivity contribution in [3.8, 4) is 11.8 Å². The number of non-ortho nitro benzene ring substituents is 1. The average Bonchev–Trinajstić information content (AvgIpc) is 2.81. The van der Waals surface area contributed by atoms with E-state index < -0.39 is 26.5 Å². The lowest BCUT2D eigenvalue weighted by molar-refractivity contribution is -0.384. The van der Waals surface area contributed by atoms with E-state index in [-0.39, 0.29) is 42.7 Å². The molecule has 0 unspecified atom stereocenters. The Morgan fingerprint density at radius 1 is 1.06 bits per heavy atom. The van der Waals surface area contributed by atoms with Crippen LogP contribution in [0.3, 0.4) is 0 Å². The molecule has 0 heterocycles. The summed E-state index contributed by atoms with van der Waals surface area (Å²) >= 11 is 18.4. The monoisotopic (exact) mass is 565 g/mol. The Labute approximate surface area is 220 Å². The number of halogens is 3. The molecule has 0 radical (unpaired) electrons. The van der Waals surface area contributed by atoms with Crippen molar-refractivity contribution < 1.29 is 22.3 Å². The predicted molar refractivity (Wildman–Crippen MR) is 136 cm³/mol. The Balaban J connectivity index is 1.88. The summed E-state index contributed by atoms with van der Waals surface area (Å²) < 4.78 is 30.3. The van der Waals surface area contributed by atoms with Crippen LogP contribution in [0.15, 0.2) is 65.1 Å². The Morgan fingerprint density at radius 2 is 1.67 bits per heavy atom. The van der Waals surface area contributed by atoms with Crippen molar-refractivity contribution in [1.82, 2.24) is 0 Å². The van der Waals surface area contributed by atoms with E-state index in [4.69, 9.17) is 39.0 Å². The Morgan fingerprint density at radius 3 is 2.22 bits per heavy atom. The minimum Gasteiger partial charge on any atom is -0.376 e. The van der Waals surface area contributed by atoms with E-state index in [2.05, 4.69) is 5.32 Å². The SMILES string of the molecule is Cc1ccc(S(=O)(=O)Oc2c(Cl)cc(/C=C(\C#N)C(=O)Nc3cc([N+](=O)[O-])ccc3Cl)cc2Cl)cc1. The molecule has 0 spiro atoms. The number of carbonyl (C=O) groups excluding carboxylic acids is 1. The van der Waals surface area contributed by atoms with Crippen LogP contribution in [-0.2, 0) is 14.9 Å². The third-order valence-electron chi connectivity index (χ3n) is 4.61. The van der Waals surface area contributed by atoms with Gasteiger partial charge in [-0.05, 0) is 48.9 Å². The van der Waals surface area contributed by atoms with Crippen molar-refractivity contribution in [2.45, 2.75) is 11.8 Å². The zero-order valence-corrected chi connectivity index (χ0v) is 21.2. The average molecular weight is 567 g/mol. The van der Waals surface area contributed by atoms with Crippen LogP contribution in [0.1, 0.15) is 11.1 Å². The van der Waals surface area contributed by atoms with Gasteiger partial charge in [0.25, 0.3) is 11.6 Å². The van der Waals surface area contributed by atoms with Crippen LogP contribution in [0.25, 0.3) is 6.08 Å². The van der Waals surface area contributed by atoms with Gasteiger partial charge in [0.15, 0.2) is 5.75 Å². The highest BCUT2D eigenvalue weighted by molar-refractivity contribution is 7.87. The van der Waals surface area contributed by atoms with Crippen LogP contribution in [0.4, 0.5) is 11.4 Å². The minimum atomic E-state index is -4.24. The van der Waals surface area contributed by atoms with Crippen molar-refractivity contribution in [2.24, 2.45) is 0 Å². The second-order valence-corrected chi connectivity index (χ2v) is 9.98. The molecule has 184 valence electrons. The number of rotatable bonds is 7. The zero-order valence-electron chi connectivity index (χ0n) is 18.2. The molecule has 36 heavy (non-hydrogen) atoms. The highest BCUT2D eigenvalue weighted by Gasteiger charge is 2.21. The molecule has 0 aromatic heterocycles. The third-order valence-corrected chi connectivity index (χ3v) is 6.74. The summed E-state index contributed by atoms with van der Waals surface area (Å²) in [5.41, 5.74) is 0.240. The van der Waals surface area contributed by atoms with Crippen LogP contribution >= 0.6 is 34.8 Å². The fourth-order valence-electron chi connectivity index (χ4n) is 2.83. The van der Waals surface area contributed by atoms with E-state index >= 15 is 0 Å². The maximum atomic E-state index is 12.6. The molecule has 0 aliphatic heterocycles. The fourth-order valence-corrected chi connectivity index (χ4v) is 4.63. The van der Waals surface area contributed by atoms with Gasteiger partial charge in [-0.2, -0.15) is 13.7 Å². The normalized spacial score (nSPS) is 11.5. The molecular formula is C23H14Cl3N3O6S. The molecule has 3 aromatic rings. The number of nitrogens with zero attached hydrogens (tertiary/aromatic N) is 2. The molecule has 1 N–H and O–H groups in total. The van der Waals surface area contributed by atoms with Crippen LogP contribution < -0.4 is 9.50 Å². The third kappa shape index (κ3) is 6.33. The van der Waals surface area contributed by atoms with Crippen LogP contribution in [0.5, 0.6) is 5.75 Å². The number of hydrogen-bond donors (Lipinski definition) is 1. The van der Waals surface area contributed by atoms with Crippen molar-refractivity contribution in [1.29, 1.82) is 5.26 Å². The van der Waals surface area contributed by atoms with Crippen molar-refractivity contribution in [3.63, 3.8) is 0 Å². The van der Waals surface area contributed by atoms with Crippen LogP contribution in [0.2, 0.25) is 15.1 Å². The quantitative estimate of drug-likeness (QED) is 0.118. The standard InChI is InChI=1S/C23H14Cl3N3O6S/c1-13-2-5-17(6-3-13)36(33,34)35-22-19(25)9-14(10-20(22)26)8-15(12-27)23(30)28-21-11-16(29(31)32)4-7-18(21)24/h2-11H,1H3,(H,28,30)/b15-8+. The molecule has 3 aromatic carbocycles. The molecule has 1 amide bonds. The first-order chi connectivity index (χ1) is 16.9. The molecule has 0 bridgehead atoms. The summed E-state index contributed by atoms with van der Waals surface area (Å²) in [6.45, 7) is 1.80. The van der Waals surface area contributed by atoms with Gasteiger partial charge in [-0.15, -0.1) is 0 Å². The minimum absolute atomic E-state index is 0.0219. The lowest BCUT2D eigenvalue weighted by Gasteiger charge is -2.11. The van der Waals surface area contributed by atoms with Gasteiger partial charge < -0.3 is 9.50 Å². The molecule has 13 heteroatoms. The van der Waals surface area contributed by atoms with Gasteiger partial charge in [-0.1, -0.05) is 52.5 Å². The van der Waals surface area contributed by atoms with Crippen LogP contribution in [0, 0.1) is 28.4 Å². The number of nitrogens with one attached hydrogen (secondary N) is 1. The first-order valence-electron chi connectivity index (χ1n) is 9.78. The van der Waals surface area contributed by atoms with Gasteiger partial charge in [0.1, 0.15) is 16.5 Å². The molecule has 9 nitrogen and oxygen atoms in total. The Hall–Kier alpha value is -3.62. The van der Waals surface area contributed by atoms with Gasteiger partial charge in [0.05, 0.1) is 25.7 Å². The maximum Gasteiger partial charge on any atom is 0.339 e. The second-order valence-electron chi connectivity index (χ2n) is 7.21. The van der Waals surface area contributed by atoms with Gasteiger partial charge >= 0.3 is 10.1 Å². The number of benzene rings is 3. The van der Waals surface area contributed by atoms with E-state index in [1.165, 1.54) is 30.3 Å². The van der Waals surface area contributed by atoms with E-state index in [9.17, 15) is 28.6 Å². The molecule has 0 saturated heterocycles. The van der Waals surface area contributed by atoms with E-state index in [1.54, 1.807) is 25.1 Å². The number of nitriles is 1. The van der Waals surface area contributed by atoms with E-state index in [0.717, 1.165) is 23.8 Å². The van der Waals surface area contributed by atoms with Crippen LogP contribution in [-0.4, -0.2) is 19.2 Å². The van der Waals surface area contributed by atoms with E-state index in [1.807, 2.05) is 0 Å². The first-order valence-corrected chi connectivity index (χ1v) is 12.3. The molecule has 3 rings (SSSR count). The number of nitro groups is 1. The summed E-state index contributed by atoms with van der Waals surface area (Å²) in [6, 6.07) is 13.6. The summed E-state index contributed by atoms with van der Waals surface area (Å²) in [5.74, 6) is -1.24. The summed E-state index contributed by atoms with van der Waals surface area (Å²) in [5, 5.41) is 22.4. The molecule has 0 aliphatic rings. The van der Waals surface area contributed by atoms with Crippen molar-refractivity contribution >= 4 is 68.3 Å². The molecule has 0 atom stereocenters.